The maximum atomic E-state index is 12.0. The van der Waals surface area contributed by atoms with Crippen LogP contribution < -0.4 is 0 Å². The molecule has 9 heteroatoms. The molecule has 1 fully saturated rings. The Bertz CT molecular complexity index is 644. The lowest BCUT2D eigenvalue weighted by Gasteiger charge is -2.18. The molecule has 0 aliphatic carbocycles. The maximum Gasteiger partial charge on any atom is 0.416 e. The summed E-state index contributed by atoms with van der Waals surface area (Å²) in [6.45, 7) is 8.44. The molecule has 174 valence electrons. The normalized spacial score (nSPS) is 30.6. The minimum absolute atomic E-state index is 0.0543. The van der Waals surface area contributed by atoms with Crippen LogP contribution in [0.15, 0.2) is 0 Å². The van der Waals surface area contributed by atoms with E-state index in [-0.39, 0.29) is 19.1 Å². The Morgan fingerprint density at radius 3 is 2.00 bits per heavy atom. The molecule has 0 saturated carbocycles. The molecule has 0 spiro atoms. The Labute approximate surface area is 178 Å². The van der Waals surface area contributed by atoms with Crippen LogP contribution in [-0.2, 0) is 32.8 Å². The minimum atomic E-state index is -4.67. The van der Waals surface area contributed by atoms with Crippen LogP contribution in [0.3, 0.4) is 0 Å². The van der Waals surface area contributed by atoms with E-state index < -0.39 is 20.8 Å². The van der Waals surface area contributed by atoms with Crippen LogP contribution in [0, 0.1) is 23.7 Å². The lowest BCUT2D eigenvalue weighted by Crippen LogP contribution is -2.22. The highest BCUT2D eigenvalue weighted by molar-refractivity contribution is 7.95. The van der Waals surface area contributed by atoms with Gasteiger partial charge in [0.15, 0.2) is 0 Å². The van der Waals surface area contributed by atoms with Gasteiger partial charge >= 0.3 is 20.8 Å². The second-order valence-corrected chi connectivity index (χ2v) is 11.7. The standard InChI is InChI=1S/C20H40O7S2/c1-17(2)8-5-12-20-13-7-11-18(3)9-6-10-19(4)14-15-25-28(21,22)27-29(23,24)26-16-20/h17-20H,5-16H2,1-4H3. The molecular formula is C20H40O7S2. The van der Waals surface area contributed by atoms with E-state index in [1.54, 1.807) is 0 Å². The number of rotatable bonds is 4. The van der Waals surface area contributed by atoms with Gasteiger partial charge in [0.2, 0.25) is 0 Å². The minimum Gasteiger partial charge on any atom is -0.247 e. The van der Waals surface area contributed by atoms with Gasteiger partial charge < -0.3 is 0 Å². The molecule has 3 unspecified atom stereocenters. The van der Waals surface area contributed by atoms with Gasteiger partial charge in [-0.25, -0.2) is 8.37 Å². The Hall–Kier alpha value is -0.220. The topological polar surface area (TPSA) is 96.0 Å². The molecule has 29 heavy (non-hydrogen) atoms. The van der Waals surface area contributed by atoms with Crippen LogP contribution in [0.5, 0.6) is 0 Å². The SMILES string of the molecule is CC(C)CCCC1CCCC(C)CCCC(C)CCOS(=O)(=O)OS(=O)(=O)OC1. The summed E-state index contributed by atoms with van der Waals surface area (Å²) in [5.41, 5.74) is 0. The maximum absolute atomic E-state index is 12.0. The largest absolute Gasteiger partial charge is 0.416 e. The highest BCUT2D eigenvalue weighted by Gasteiger charge is 2.26. The summed E-state index contributed by atoms with van der Waals surface area (Å²) in [7, 11) is -9.33. The Morgan fingerprint density at radius 2 is 1.38 bits per heavy atom. The molecule has 7 nitrogen and oxygen atoms in total. The summed E-state index contributed by atoms with van der Waals surface area (Å²) in [6, 6.07) is 0. The monoisotopic (exact) mass is 456 g/mol. The lowest BCUT2D eigenvalue weighted by atomic mass is 9.90. The van der Waals surface area contributed by atoms with Crippen molar-refractivity contribution in [2.45, 2.75) is 91.9 Å². The van der Waals surface area contributed by atoms with Crippen molar-refractivity contribution >= 4 is 20.8 Å². The van der Waals surface area contributed by atoms with E-state index in [0.717, 1.165) is 57.8 Å². The molecule has 0 amide bonds. The van der Waals surface area contributed by atoms with Crippen molar-refractivity contribution in [3.8, 4) is 0 Å². The predicted molar refractivity (Wildman–Crippen MR) is 114 cm³/mol. The zero-order chi connectivity index (χ0) is 21.9. The van der Waals surface area contributed by atoms with E-state index >= 15 is 0 Å². The highest BCUT2D eigenvalue weighted by Crippen LogP contribution is 2.24. The van der Waals surface area contributed by atoms with Crippen LogP contribution in [0.4, 0.5) is 0 Å². The smallest absolute Gasteiger partial charge is 0.247 e. The summed E-state index contributed by atoms with van der Waals surface area (Å²) in [5, 5.41) is 0. The average Bonchev–Trinajstić information content (AvgIpc) is 2.57. The van der Waals surface area contributed by atoms with Gasteiger partial charge in [0.05, 0.1) is 13.2 Å². The summed E-state index contributed by atoms with van der Waals surface area (Å²) < 4.78 is 61.4. The van der Waals surface area contributed by atoms with Crippen molar-refractivity contribution in [2.24, 2.45) is 23.7 Å². The second kappa shape index (κ2) is 13.2. The molecule has 1 aliphatic rings. The molecule has 0 aromatic carbocycles. The van der Waals surface area contributed by atoms with Gasteiger partial charge in [0.1, 0.15) is 0 Å². The quantitative estimate of drug-likeness (QED) is 0.588. The van der Waals surface area contributed by atoms with Crippen molar-refractivity contribution in [3.63, 3.8) is 0 Å². The van der Waals surface area contributed by atoms with E-state index in [9.17, 15) is 16.8 Å². The average molecular weight is 457 g/mol. The molecular weight excluding hydrogens is 416 g/mol. The molecule has 0 aromatic rings. The van der Waals surface area contributed by atoms with Crippen molar-refractivity contribution in [1.82, 2.24) is 0 Å². The lowest BCUT2D eigenvalue weighted by molar-refractivity contribution is 0.195. The van der Waals surface area contributed by atoms with E-state index in [1.807, 2.05) is 6.92 Å². The van der Waals surface area contributed by atoms with Gasteiger partial charge in [-0.2, -0.15) is 16.8 Å². The molecule has 0 N–H and O–H groups in total. The molecule has 0 radical (unpaired) electrons. The van der Waals surface area contributed by atoms with Gasteiger partial charge in [0, 0.05) is 0 Å². The first kappa shape index (κ1) is 26.8. The Balaban J connectivity index is 2.77. The summed E-state index contributed by atoms with van der Waals surface area (Å²) >= 11 is 0. The fourth-order valence-electron chi connectivity index (χ4n) is 3.66. The van der Waals surface area contributed by atoms with E-state index in [0.29, 0.717) is 24.2 Å². The predicted octanol–water partition coefficient (Wildman–Crippen LogP) is 4.98. The molecule has 1 rings (SSSR count). The first-order chi connectivity index (χ1) is 13.5. The zero-order valence-corrected chi connectivity index (χ0v) is 20.1. The van der Waals surface area contributed by atoms with Gasteiger partial charge in [-0.1, -0.05) is 72.6 Å². The Morgan fingerprint density at radius 1 is 0.828 bits per heavy atom. The van der Waals surface area contributed by atoms with Gasteiger partial charge in [-0.05, 0) is 42.9 Å². The number of hydrogen-bond acceptors (Lipinski definition) is 7. The van der Waals surface area contributed by atoms with Crippen LogP contribution in [0.1, 0.15) is 91.9 Å². The molecule has 1 saturated heterocycles. The van der Waals surface area contributed by atoms with Crippen molar-refractivity contribution in [3.05, 3.63) is 0 Å². The molecule has 1 heterocycles. The molecule has 1 aliphatic heterocycles. The molecule has 0 aromatic heterocycles. The third-order valence-corrected chi connectivity index (χ3v) is 7.76. The van der Waals surface area contributed by atoms with E-state index in [4.69, 9.17) is 8.37 Å². The molecule has 0 bridgehead atoms. The van der Waals surface area contributed by atoms with E-state index in [2.05, 4.69) is 24.4 Å². The van der Waals surface area contributed by atoms with Crippen LogP contribution in [-0.4, -0.2) is 30.0 Å². The fourth-order valence-corrected chi connectivity index (χ4v) is 5.45. The third-order valence-electron chi connectivity index (χ3n) is 5.55. The second-order valence-electron chi connectivity index (χ2n) is 9.04. The van der Waals surface area contributed by atoms with Crippen molar-refractivity contribution < 1.29 is 28.8 Å². The number of hydrogen-bond donors (Lipinski definition) is 0. The molecule has 3 atom stereocenters. The van der Waals surface area contributed by atoms with Crippen LogP contribution in [0.25, 0.3) is 0 Å². The van der Waals surface area contributed by atoms with Gasteiger partial charge in [-0.15, -0.1) is 3.63 Å². The highest BCUT2D eigenvalue weighted by atomic mass is 32.3. The summed E-state index contributed by atoms with van der Waals surface area (Å²) in [4.78, 5) is 0. The fraction of sp³-hybridized carbons (Fsp3) is 1.00. The first-order valence-electron chi connectivity index (χ1n) is 11.0. The van der Waals surface area contributed by atoms with Crippen LogP contribution >= 0.6 is 0 Å². The zero-order valence-electron chi connectivity index (χ0n) is 18.5. The summed E-state index contributed by atoms with van der Waals surface area (Å²) in [6.07, 6.45) is 9.64. The van der Waals surface area contributed by atoms with Crippen molar-refractivity contribution in [2.75, 3.05) is 13.2 Å². The van der Waals surface area contributed by atoms with Crippen LogP contribution in [0.2, 0.25) is 0 Å². The first-order valence-corrected chi connectivity index (χ1v) is 13.7. The van der Waals surface area contributed by atoms with Gasteiger partial charge in [0.25, 0.3) is 0 Å². The van der Waals surface area contributed by atoms with E-state index in [1.165, 1.54) is 0 Å². The summed E-state index contributed by atoms with van der Waals surface area (Å²) in [5.74, 6) is 1.56. The van der Waals surface area contributed by atoms with Crippen molar-refractivity contribution in [1.29, 1.82) is 0 Å². The van der Waals surface area contributed by atoms with Gasteiger partial charge in [-0.3, -0.25) is 0 Å². The third kappa shape index (κ3) is 13.6. The Kier molecular flexibility index (Phi) is 12.2.